The van der Waals surface area contributed by atoms with Gasteiger partial charge in [0.15, 0.2) is 5.78 Å². The van der Waals surface area contributed by atoms with Crippen LogP contribution >= 0.6 is 0 Å². The number of nitrogens with zero attached hydrogens (tertiary/aromatic N) is 2. The molecule has 1 heterocycles. The molecule has 108 valence electrons. The lowest BCUT2D eigenvalue weighted by atomic mass is 9.72. The molecule has 1 unspecified atom stereocenters. The van der Waals surface area contributed by atoms with E-state index in [1.165, 1.54) is 0 Å². The lowest BCUT2D eigenvalue weighted by molar-refractivity contribution is -0.134. The van der Waals surface area contributed by atoms with Crippen LogP contribution in [0.4, 0.5) is 0 Å². The summed E-state index contributed by atoms with van der Waals surface area (Å²) in [6.45, 7) is 4.86. The molecule has 1 aliphatic heterocycles. The number of allylic oxidation sites excluding steroid dienone is 2. The summed E-state index contributed by atoms with van der Waals surface area (Å²) in [5, 5.41) is 9.12. The van der Waals surface area contributed by atoms with Crippen molar-refractivity contribution < 1.29 is 14.3 Å². The molecule has 0 saturated heterocycles. The number of rotatable bonds is 3. The van der Waals surface area contributed by atoms with Crippen molar-refractivity contribution >= 4 is 11.7 Å². The molecule has 0 aromatic carbocycles. The molecule has 2 aliphatic rings. The van der Waals surface area contributed by atoms with Crippen molar-refractivity contribution in [3.8, 4) is 6.07 Å². The molecule has 0 fully saturated rings. The highest BCUT2D eigenvalue weighted by atomic mass is 16.5. The van der Waals surface area contributed by atoms with E-state index in [0.29, 0.717) is 31.6 Å². The Balaban J connectivity index is 2.41. The molecular formula is C15H20N2O3. The molecule has 1 amide bonds. The van der Waals surface area contributed by atoms with Crippen LogP contribution < -0.4 is 0 Å². The fraction of sp³-hybridized carbons (Fsp3) is 0.667. The van der Waals surface area contributed by atoms with Crippen molar-refractivity contribution in [3.05, 3.63) is 11.3 Å². The molecule has 2 rings (SSSR count). The third-order valence-corrected chi connectivity index (χ3v) is 3.94. The first-order valence-electron chi connectivity index (χ1n) is 6.85. The number of hydrogen-bond donors (Lipinski definition) is 0. The lowest BCUT2D eigenvalue weighted by Gasteiger charge is -2.41. The van der Waals surface area contributed by atoms with E-state index >= 15 is 0 Å². The van der Waals surface area contributed by atoms with Gasteiger partial charge in [-0.25, -0.2) is 0 Å². The molecule has 0 N–H and O–H groups in total. The molecule has 0 spiro atoms. The number of amides is 1. The van der Waals surface area contributed by atoms with Crippen molar-refractivity contribution in [1.29, 1.82) is 5.26 Å². The van der Waals surface area contributed by atoms with Crippen LogP contribution in [0.2, 0.25) is 0 Å². The highest BCUT2D eigenvalue weighted by Gasteiger charge is 2.42. The number of ketones is 1. The minimum absolute atomic E-state index is 0.0754. The van der Waals surface area contributed by atoms with Crippen molar-refractivity contribution in [3.63, 3.8) is 0 Å². The highest BCUT2D eigenvalue weighted by Crippen LogP contribution is 2.42. The third-order valence-electron chi connectivity index (χ3n) is 3.94. The second-order valence-electron chi connectivity index (χ2n) is 6.23. The number of Topliss-reactive ketones (excluding diaryl/α,β-unsaturated/α-hetero) is 1. The van der Waals surface area contributed by atoms with Crippen molar-refractivity contribution in [2.75, 3.05) is 20.3 Å². The molecule has 1 atom stereocenters. The summed E-state index contributed by atoms with van der Waals surface area (Å²) in [6.07, 6.45) is 1.45. The first-order chi connectivity index (χ1) is 9.39. The van der Waals surface area contributed by atoms with Gasteiger partial charge in [-0.2, -0.15) is 5.26 Å². The monoisotopic (exact) mass is 276 g/mol. The minimum atomic E-state index is -0.740. The summed E-state index contributed by atoms with van der Waals surface area (Å²) in [5.41, 5.74) is 1.34. The van der Waals surface area contributed by atoms with Crippen molar-refractivity contribution in [2.45, 2.75) is 33.1 Å². The van der Waals surface area contributed by atoms with E-state index in [9.17, 15) is 9.59 Å². The van der Waals surface area contributed by atoms with Crippen LogP contribution in [0.25, 0.3) is 0 Å². The van der Waals surface area contributed by atoms with E-state index in [1.54, 1.807) is 12.0 Å². The van der Waals surface area contributed by atoms with Crippen LogP contribution in [0, 0.1) is 22.7 Å². The summed E-state index contributed by atoms with van der Waals surface area (Å²) in [5.74, 6) is -0.865. The number of carbonyl (C=O) groups excluding carboxylic acids is 2. The first kappa shape index (κ1) is 14.7. The zero-order valence-corrected chi connectivity index (χ0v) is 12.2. The second kappa shape index (κ2) is 5.37. The van der Waals surface area contributed by atoms with E-state index in [0.717, 1.165) is 5.70 Å². The molecule has 5 nitrogen and oxygen atoms in total. The van der Waals surface area contributed by atoms with Crippen molar-refractivity contribution in [1.82, 2.24) is 4.90 Å². The Kier molecular flexibility index (Phi) is 3.96. The topological polar surface area (TPSA) is 70.4 Å². The van der Waals surface area contributed by atoms with Crippen LogP contribution in [0.1, 0.15) is 33.1 Å². The number of nitriles is 1. The van der Waals surface area contributed by atoms with E-state index in [1.807, 2.05) is 19.9 Å². The van der Waals surface area contributed by atoms with Gasteiger partial charge in [-0.05, 0) is 11.8 Å². The normalized spacial score (nSPS) is 25.5. The highest BCUT2D eigenvalue weighted by molar-refractivity contribution is 6.01. The molecule has 5 heteroatoms. The Morgan fingerprint density at radius 2 is 2.10 bits per heavy atom. The zero-order valence-electron chi connectivity index (χ0n) is 12.2. The van der Waals surface area contributed by atoms with Gasteiger partial charge in [0.2, 0.25) is 5.91 Å². The van der Waals surface area contributed by atoms with Crippen LogP contribution in [-0.4, -0.2) is 36.9 Å². The molecule has 0 aromatic rings. The van der Waals surface area contributed by atoms with E-state index < -0.39 is 5.92 Å². The van der Waals surface area contributed by atoms with E-state index in [2.05, 4.69) is 0 Å². The average molecular weight is 276 g/mol. The molecular weight excluding hydrogens is 256 g/mol. The van der Waals surface area contributed by atoms with Gasteiger partial charge in [0.1, 0.15) is 5.92 Å². The maximum absolute atomic E-state index is 12.3. The maximum atomic E-state index is 12.3. The standard InChI is InChI=1S/C15H20N2O3/c1-15(2)7-12-11(13(18)8-15)6-10(9-16)14(19)17(12)4-5-20-3/h10H,4-8H2,1-3H3. The summed E-state index contributed by atoms with van der Waals surface area (Å²) < 4.78 is 5.04. The quantitative estimate of drug-likeness (QED) is 0.785. The van der Waals surface area contributed by atoms with E-state index in [4.69, 9.17) is 10.00 Å². The molecule has 0 aromatic heterocycles. The fourth-order valence-electron chi connectivity index (χ4n) is 2.96. The number of hydrogen-bond acceptors (Lipinski definition) is 4. The predicted octanol–water partition coefficient (Wildman–Crippen LogP) is 1.65. The van der Waals surface area contributed by atoms with Gasteiger partial charge >= 0.3 is 0 Å². The molecule has 0 saturated carbocycles. The van der Waals surface area contributed by atoms with Gasteiger partial charge in [0, 0.05) is 37.8 Å². The van der Waals surface area contributed by atoms with Crippen LogP contribution in [-0.2, 0) is 14.3 Å². The number of methoxy groups -OCH3 is 1. The predicted molar refractivity (Wildman–Crippen MR) is 72.4 cm³/mol. The molecule has 1 aliphatic carbocycles. The number of carbonyl (C=O) groups is 2. The summed E-state index contributed by atoms with van der Waals surface area (Å²) in [7, 11) is 1.57. The lowest BCUT2D eigenvalue weighted by Crippen LogP contribution is -2.45. The number of ether oxygens (including phenoxy) is 1. The minimum Gasteiger partial charge on any atom is -0.383 e. The maximum Gasteiger partial charge on any atom is 0.244 e. The molecule has 0 radical (unpaired) electrons. The van der Waals surface area contributed by atoms with Gasteiger partial charge < -0.3 is 9.64 Å². The van der Waals surface area contributed by atoms with Crippen molar-refractivity contribution in [2.24, 2.45) is 11.3 Å². The van der Waals surface area contributed by atoms with Gasteiger partial charge in [-0.1, -0.05) is 13.8 Å². The van der Waals surface area contributed by atoms with Crippen LogP contribution in [0.3, 0.4) is 0 Å². The van der Waals surface area contributed by atoms with E-state index in [-0.39, 0.29) is 23.5 Å². The fourth-order valence-corrected chi connectivity index (χ4v) is 2.96. The Hall–Kier alpha value is -1.67. The SMILES string of the molecule is COCCN1C(=O)C(C#N)CC2=C1CC(C)(C)CC2=O. The Morgan fingerprint density at radius 3 is 2.70 bits per heavy atom. The van der Waals surface area contributed by atoms with Crippen LogP contribution in [0.15, 0.2) is 11.3 Å². The average Bonchev–Trinajstić information content (AvgIpc) is 2.36. The second-order valence-corrected chi connectivity index (χ2v) is 6.23. The third kappa shape index (κ3) is 2.61. The Labute approximate surface area is 119 Å². The van der Waals surface area contributed by atoms with Gasteiger partial charge in [-0.15, -0.1) is 0 Å². The summed E-state index contributed by atoms with van der Waals surface area (Å²) in [6, 6.07) is 2.02. The van der Waals surface area contributed by atoms with Gasteiger partial charge in [0.25, 0.3) is 0 Å². The smallest absolute Gasteiger partial charge is 0.244 e. The molecule has 20 heavy (non-hydrogen) atoms. The summed E-state index contributed by atoms with van der Waals surface area (Å²) >= 11 is 0. The summed E-state index contributed by atoms with van der Waals surface area (Å²) in [4.78, 5) is 26.2. The Bertz CT molecular complexity index is 514. The van der Waals surface area contributed by atoms with Crippen LogP contribution in [0.5, 0.6) is 0 Å². The molecule has 0 bridgehead atoms. The zero-order chi connectivity index (χ0) is 14.9. The largest absolute Gasteiger partial charge is 0.383 e. The first-order valence-corrected chi connectivity index (χ1v) is 6.85. The Morgan fingerprint density at radius 1 is 1.40 bits per heavy atom. The van der Waals surface area contributed by atoms with Gasteiger partial charge in [-0.3, -0.25) is 9.59 Å². The van der Waals surface area contributed by atoms with Gasteiger partial charge in [0.05, 0.1) is 12.7 Å².